The van der Waals surface area contributed by atoms with Gasteiger partial charge >= 0.3 is 6.09 Å². The largest absolute Gasteiger partial charge is 0.444 e. The number of alkyl carbamates (subject to hydrolysis) is 1. The van der Waals surface area contributed by atoms with Gasteiger partial charge in [0.05, 0.1) is 12.6 Å². The van der Waals surface area contributed by atoms with Crippen LogP contribution in [0.3, 0.4) is 0 Å². The van der Waals surface area contributed by atoms with Crippen LogP contribution in [0.2, 0.25) is 0 Å². The number of rotatable bonds is 2. The van der Waals surface area contributed by atoms with E-state index in [1.165, 1.54) is 12.8 Å². The normalized spacial score (nSPS) is 29.2. The number of ether oxygens (including phenoxy) is 2. The molecule has 0 saturated carbocycles. The van der Waals surface area contributed by atoms with E-state index in [9.17, 15) is 4.79 Å². The zero-order valence-corrected chi connectivity index (χ0v) is 12.3. The van der Waals surface area contributed by atoms with Crippen LogP contribution in [-0.2, 0) is 9.47 Å². The lowest BCUT2D eigenvalue weighted by atomic mass is 10.0. The third kappa shape index (κ3) is 4.35. The fourth-order valence-electron chi connectivity index (χ4n) is 2.83. The standard InChI is InChI=1S/C14H26N2O3/c1-14(2,3)19-13(17)15-11-10-18-9-6-12(11)16-7-4-5-8-16/h11-12H,4-10H2,1-3H3,(H,15,17). The summed E-state index contributed by atoms with van der Waals surface area (Å²) in [6.45, 7) is 9.27. The molecular formula is C14H26N2O3. The van der Waals surface area contributed by atoms with Crippen molar-refractivity contribution >= 4 is 6.09 Å². The quantitative estimate of drug-likeness (QED) is 0.831. The second-order valence-corrected chi connectivity index (χ2v) is 6.43. The molecule has 2 rings (SSSR count). The lowest BCUT2D eigenvalue weighted by Crippen LogP contribution is -2.56. The zero-order chi connectivity index (χ0) is 13.9. The Balaban J connectivity index is 1.90. The highest BCUT2D eigenvalue weighted by Gasteiger charge is 2.33. The minimum atomic E-state index is -0.456. The lowest BCUT2D eigenvalue weighted by Gasteiger charge is -2.38. The van der Waals surface area contributed by atoms with Gasteiger partial charge in [0, 0.05) is 12.6 Å². The second kappa shape index (κ2) is 6.09. The molecule has 2 aliphatic heterocycles. The summed E-state index contributed by atoms with van der Waals surface area (Å²) in [5.74, 6) is 0. The molecule has 0 aliphatic carbocycles. The topological polar surface area (TPSA) is 50.8 Å². The molecule has 2 saturated heterocycles. The Labute approximate surface area is 115 Å². The number of likely N-dealkylation sites (tertiary alicyclic amines) is 1. The molecule has 110 valence electrons. The Kier molecular flexibility index (Phi) is 4.68. The van der Waals surface area contributed by atoms with E-state index in [0.29, 0.717) is 12.6 Å². The van der Waals surface area contributed by atoms with E-state index in [4.69, 9.17) is 9.47 Å². The lowest BCUT2D eigenvalue weighted by molar-refractivity contribution is 0.00255. The minimum Gasteiger partial charge on any atom is -0.444 e. The summed E-state index contributed by atoms with van der Waals surface area (Å²) in [5.41, 5.74) is -0.456. The zero-order valence-electron chi connectivity index (χ0n) is 12.3. The van der Waals surface area contributed by atoms with Gasteiger partial charge in [-0.05, 0) is 53.1 Å². The predicted octanol–water partition coefficient (Wildman–Crippen LogP) is 1.76. The molecule has 1 amide bonds. The van der Waals surface area contributed by atoms with Crippen molar-refractivity contribution in [3.63, 3.8) is 0 Å². The Morgan fingerprint density at radius 3 is 2.63 bits per heavy atom. The first kappa shape index (κ1) is 14.6. The van der Waals surface area contributed by atoms with Crippen molar-refractivity contribution in [3.05, 3.63) is 0 Å². The van der Waals surface area contributed by atoms with Crippen LogP contribution in [0.5, 0.6) is 0 Å². The van der Waals surface area contributed by atoms with Crippen LogP contribution in [-0.4, -0.2) is 55.0 Å². The highest BCUT2D eigenvalue weighted by atomic mass is 16.6. The number of amides is 1. The van der Waals surface area contributed by atoms with Crippen LogP contribution < -0.4 is 5.32 Å². The summed E-state index contributed by atoms with van der Waals surface area (Å²) in [4.78, 5) is 14.4. The number of hydrogen-bond acceptors (Lipinski definition) is 4. The van der Waals surface area contributed by atoms with Gasteiger partial charge in [0.15, 0.2) is 0 Å². The Morgan fingerprint density at radius 1 is 1.32 bits per heavy atom. The highest BCUT2D eigenvalue weighted by Crippen LogP contribution is 2.20. The van der Waals surface area contributed by atoms with Gasteiger partial charge < -0.3 is 14.8 Å². The van der Waals surface area contributed by atoms with Crippen molar-refractivity contribution in [2.24, 2.45) is 0 Å². The molecule has 2 atom stereocenters. The van der Waals surface area contributed by atoms with E-state index in [2.05, 4.69) is 10.2 Å². The van der Waals surface area contributed by atoms with Crippen molar-refractivity contribution in [1.82, 2.24) is 10.2 Å². The number of hydrogen-bond donors (Lipinski definition) is 1. The molecule has 0 radical (unpaired) electrons. The average Bonchev–Trinajstić information content (AvgIpc) is 2.80. The summed E-state index contributed by atoms with van der Waals surface area (Å²) in [6, 6.07) is 0.436. The summed E-state index contributed by atoms with van der Waals surface area (Å²) >= 11 is 0. The molecule has 0 aromatic rings. The smallest absolute Gasteiger partial charge is 0.408 e. The monoisotopic (exact) mass is 270 g/mol. The van der Waals surface area contributed by atoms with Gasteiger partial charge in [0.25, 0.3) is 0 Å². The van der Waals surface area contributed by atoms with Gasteiger partial charge in [-0.2, -0.15) is 0 Å². The Hall–Kier alpha value is -0.810. The summed E-state index contributed by atoms with van der Waals surface area (Å²) in [6.07, 6.45) is 3.17. The Morgan fingerprint density at radius 2 is 2.00 bits per heavy atom. The molecule has 2 aliphatic rings. The number of carbonyl (C=O) groups excluding carboxylic acids is 1. The van der Waals surface area contributed by atoms with E-state index < -0.39 is 5.60 Å². The third-order valence-electron chi connectivity index (χ3n) is 3.63. The number of nitrogens with one attached hydrogen (secondary N) is 1. The fourth-order valence-corrected chi connectivity index (χ4v) is 2.83. The van der Waals surface area contributed by atoms with Gasteiger partial charge in [0.2, 0.25) is 0 Å². The van der Waals surface area contributed by atoms with E-state index >= 15 is 0 Å². The molecule has 0 bridgehead atoms. The first-order valence-corrected chi connectivity index (χ1v) is 7.27. The molecular weight excluding hydrogens is 244 g/mol. The predicted molar refractivity (Wildman–Crippen MR) is 73.2 cm³/mol. The highest BCUT2D eigenvalue weighted by molar-refractivity contribution is 5.68. The van der Waals surface area contributed by atoms with E-state index in [1.807, 2.05) is 20.8 Å². The van der Waals surface area contributed by atoms with Gasteiger partial charge in [-0.1, -0.05) is 0 Å². The van der Waals surface area contributed by atoms with Crippen LogP contribution in [0.25, 0.3) is 0 Å². The second-order valence-electron chi connectivity index (χ2n) is 6.43. The van der Waals surface area contributed by atoms with E-state index in [-0.39, 0.29) is 12.1 Å². The maximum atomic E-state index is 11.9. The maximum absolute atomic E-state index is 11.9. The summed E-state index contributed by atoms with van der Waals surface area (Å²) < 4.78 is 10.8. The molecule has 5 heteroatoms. The molecule has 0 spiro atoms. The maximum Gasteiger partial charge on any atom is 0.408 e. The van der Waals surface area contributed by atoms with Crippen molar-refractivity contribution < 1.29 is 14.3 Å². The van der Waals surface area contributed by atoms with Crippen molar-refractivity contribution in [2.45, 2.75) is 57.7 Å². The summed E-state index contributed by atoms with van der Waals surface area (Å²) in [7, 11) is 0. The van der Waals surface area contributed by atoms with E-state index in [0.717, 1.165) is 26.1 Å². The van der Waals surface area contributed by atoms with Crippen LogP contribution in [0, 0.1) is 0 Å². The van der Waals surface area contributed by atoms with Crippen molar-refractivity contribution in [2.75, 3.05) is 26.3 Å². The molecule has 0 aromatic heterocycles. The number of nitrogens with zero attached hydrogens (tertiary/aromatic N) is 1. The van der Waals surface area contributed by atoms with Crippen LogP contribution in [0.15, 0.2) is 0 Å². The third-order valence-corrected chi connectivity index (χ3v) is 3.63. The molecule has 2 unspecified atom stereocenters. The van der Waals surface area contributed by atoms with Gasteiger partial charge in [-0.3, -0.25) is 4.90 Å². The Bertz CT molecular complexity index is 308. The fraction of sp³-hybridized carbons (Fsp3) is 0.929. The van der Waals surface area contributed by atoms with Crippen LogP contribution >= 0.6 is 0 Å². The first-order chi connectivity index (χ1) is 8.96. The molecule has 1 N–H and O–H groups in total. The van der Waals surface area contributed by atoms with E-state index in [1.54, 1.807) is 0 Å². The van der Waals surface area contributed by atoms with Gasteiger partial charge in [0.1, 0.15) is 5.60 Å². The van der Waals surface area contributed by atoms with Gasteiger partial charge in [-0.25, -0.2) is 4.79 Å². The summed E-state index contributed by atoms with van der Waals surface area (Å²) in [5, 5.41) is 2.97. The van der Waals surface area contributed by atoms with Crippen LogP contribution in [0.4, 0.5) is 4.79 Å². The van der Waals surface area contributed by atoms with Crippen molar-refractivity contribution in [1.29, 1.82) is 0 Å². The first-order valence-electron chi connectivity index (χ1n) is 7.27. The molecule has 2 heterocycles. The molecule has 19 heavy (non-hydrogen) atoms. The van der Waals surface area contributed by atoms with Crippen LogP contribution in [0.1, 0.15) is 40.0 Å². The van der Waals surface area contributed by atoms with Crippen molar-refractivity contribution in [3.8, 4) is 0 Å². The SMILES string of the molecule is CC(C)(C)OC(=O)NC1COCCC1N1CCCC1. The molecule has 2 fully saturated rings. The average molecular weight is 270 g/mol. The number of carbonyl (C=O) groups is 1. The van der Waals surface area contributed by atoms with Gasteiger partial charge in [-0.15, -0.1) is 0 Å². The minimum absolute atomic E-state index is 0.0432. The molecule has 5 nitrogen and oxygen atoms in total. The molecule has 0 aromatic carbocycles.